The van der Waals surface area contributed by atoms with Crippen molar-refractivity contribution in [1.29, 1.82) is 0 Å². The second kappa shape index (κ2) is 3.43. The summed E-state index contributed by atoms with van der Waals surface area (Å²) >= 11 is 0. The van der Waals surface area contributed by atoms with Crippen LogP contribution in [0.4, 0.5) is 0 Å². The van der Waals surface area contributed by atoms with Gasteiger partial charge in [0, 0.05) is 0 Å². The Morgan fingerprint density at radius 2 is 1.75 bits per heavy atom. The molecule has 2 unspecified atom stereocenters. The van der Waals surface area contributed by atoms with Gasteiger partial charge in [-0.2, -0.15) is 0 Å². The zero-order valence-electron chi connectivity index (χ0n) is 8.31. The Labute approximate surface area is 77.4 Å². The first kappa shape index (κ1) is 8.65. The van der Waals surface area contributed by atoms with Gasteiger partial charge < -0.3 is 0 Å². The van der Waals surface area contributed by atoms with Crippen LogP contribution in [0.2, 0.25) is 11.1 Å². The SMILES string of the molecule is CC12[B]C(CCCCC1)CCC2. The summed E-state index contributed by atoms with van der Waals surface area (Å²) < 4.78 is 0. The predicted octanol–water partition coefficient (Wildman–Crippen LogP) is 3.81. The maximum absolute atomic E-state index is 2.69. The molecule has 2 fully saturated rings. The lowest BCUT2D eigenvalue weighted by Crippen LogP contribution is -2.27. The molecule has 2 bridgehead atoms. The summed E-state index contributed by atoms with van der Waals surface area (Å²) in [5, 5.41) is 0.628. The molecule has 2 aliphatic rings. The molecule has 1 radical (unpaired) electrons. The van der Waals surface area contributed by atoms with Gasteiger partial charge in [0.25, 0.3) is 0 Å². The molecule has 0 aromatic rings. The zero-order valence-corrected chi connectivity index (χ0v) is 8.31. The molecule has 2 rings (SSSR count). The zero-order chi connectivity index (χ0) is 8.44. The number of hydrogen-bond acceptors (Lipinski definition) is 0. The Morgan fingerprint density at radius 3 is 2.67 bits per heavy atom. The van der Waals surface area contributed by atoms with Gasteiger partial charge in [0.2, 0.25) is 0 Å². The molecule has 12 heavy (non-hydrogen) atoms. The van der Waals surface area contributed by atoms with E-state index in [-0.39, 0.29) is 0 Å². The van der Waals surface area contributed by atoms with Gasteiger partial charge >= 0.3 is 0 Å². The van der Waals surface area contributed by atoms with Gasteiger partial charge in [0.15, 0.2) is 0 Å². The normalized spacial score (nSPS) is 42.6. The van der Waals surface area contributed by atoms with Crippen LogP contribution in [0, 0.1) is 0 Å². The largest absolute Gasteiger partial charge is 0.121 e. The summed E-state index contributed by atoms with van der Waals surface area (Å²) in [6.07, 6.45) is 11.8. The maximum atomic E-state index is 2.69. The van der Waals surface area contributed by atoms with Crippen molar-refractivity contribution in [2.45, 2.75) is 69.4 Å². The van der Waals surface area contributed by atoms with E-state index in [4.69, 9.17) is 0 Å². The molecule has 0 N–H and O–H groups in total. The van der Waals surface area contributed by atoms with Crippen molar-refractivity contribution in [2.75, 3.05) is 0 Å². The Balaban J connectivity index is 2.01. The highest BCUT2D eigenvalue weighted by Gasteiger charge is 2.33. The Morgan fingerprint density at radius 1 is 1.00 bits per heavy atom. The molecule has 1 heteroatoms. The van der Waals surface area contributed by atoms with Gasteiger partial charge in [-0.15, -0.1) is 0 Å². The number of rotatable bonds is 0. The van der Waals surface area contributed by atoms with Crippen LogP contribution < -0.4 is 0 Å². The van der Waals surface area contributed by atoms with Crippen molar-refractivity contribution < 1.29 is 0 Å². The smallest absolute Gasteiger partial charge is 0.0682 e. The standard InChI is InChI=1S/C11H20B/c1-11-8-4-2-3-6-10(12-11)7-5-9-11/h10H,2-9H2,1H3. The molecule has 2 atom stereocenters. The quantitative estimate of drug-likeness (QED) is 0.476. The second-order valence-corrected chi connectivity index (χ2v) is 5.07. The lowest BCUT2D eigenvalue weighted by atomic mass is 9.39. The van der Waals surface area contributed by atoms with Crippen molar-refractivity contribution in [3.05, 3.63) is 0 Å². The van der Waals surface area contributed by atoms with Gasteiger partial charge in [0.1, 0.15) is 7.28 Å². The third-order valence-corrected chi connectivity index (χ3v) is 3.78. The summed E-state index contributed by atoms with van der Waals surface area (Å²) in [6, 6.07) is 0. The Kier molecular flexibility index (Phi) is 2.48. The van der Waals surface area contributed by atoms with Gasteiger partial charge in [-0.05, 0) is 0 Å². The average molecular weight is 163 g/mol. The van der Waals surface area contributed by atoms with Crippen LogP contribution in [0.5, 0.6) is 0 Å². The van der Waals surface area contributed by atoms with E-state index in [1.165, 1.54) is 51.4 Å². The van der Waals surface area contributed by atoms with Gasteiger partial charge in [-0.1, -0.05) is 69.4 Å². The molecule has 2 heterocycles. The molecule has 0 amide bonds. The highest BCUT2D eigenvalue weighted by molar-refractivity contribution is 6.42. The van der Waals surface area contributed by atoms with Gasteiger partial charge in [-0.3, -0.25) is 0 Å². The molecule has 0 aromatic carbocycles. The van der Waals surface area contributed by atoms with E-state index < -0.39 is 0 Å². The molecule has 0 aliphatic carbocycles. The summed E-state index contributed by atoms with van der Waals surface area (Å²) in [6.45, 7) is 2.48. The van der Waals surface area contributed by atoms with Gasteiger partial charge in [0.05, 0.1) is 0 Å². The first-order chi connectivity index (χ1) is 5.79. The third-order valence-electron chi connectivity index (χ3n) is 3.78. The second-order valence-electron chi connectivity index (χ2n) is 5.07. The Hall–Kier alpha value is 0.0649. The van der Waals surface area contributed by atoms with E-state index in [2.05, 4.69) is 14.2 Å². The molecule has 0 saturated carbocycles. The molecule has 0 spiro atoms. The average Bonchev–Trinajstić information content (AvgIpc) is 2.02. The van der Waals surface area contributed by atoms with Crippen molar-refractivity contribution in [1.82, 2.24) is 0 Å². The molecule has 67 valence electrons. The fourth-order valence-electron chi connectivity index (χ4n) is 3.05. The predicted molar refractivity (Wildman–Crippen MR) is 54.8 cm³/mol. The topological polar surface area (TPSA) is 0 Å². The van der Waals surface area contributed by atoms with E-state index in [0.29, 0.717) is 5.31 Å². The van der Waals surface area contributed by atoms with Crippen LogP contribution >= 0.6 is 0 Å². The van der Waals surface area contributed by atoms with Gasteiger partial charge in [-0.25, -0.2) is 0 Å². The number of hydrogen-bond donors (Lipinski definition) is 0. The molecular weight excluding hydrogens is 143 g/mol. The van der Waals surface area contributed by atoms with Crippen LogP contribution in [-0.4, -0.2) is 7.28 Å². The highest BCUT2D eigenvalue weighted by Crippen LogP contribution is 2.48. The minimum atomic E-state index is 0.628. The van der Waals surface area contributed by atoms with Crippen molar-refractivity contribution >= 4 is 7.28 Å². The van der Waals surface area contributed by atoms with Crippen LogP contribution in [0.25, 0.3) is 0 Å². The van der Waals surface area contributed by atoms with Crippen LogP contribution in [0.3, 0.4) is 0 Å². The summed E-state index contributed by atoms with van der Waals surface area (Å²) in [5.41, 5.74) is 0. The molecule has 2 aliphatic heterocycles. The van der Waals surface area contributed by atoms with Crippen molar-refractivity contribution in [3.63, 3.8) is 0 Å². The van der Waals surface area contributed by atoms with E-state index in [0.717, 1.165) is 5.82 Å². The highest BCUT2D eigenvalue weighted by atomic mass is 14.3. The minimum absolute atomic E-state index is 0.628. The molecule has 2 saturated heterocycles. The van der Waals surface area contributed by atoms with Crippen molar-refractivity contribution in [2.24, 2.45) is 0 Å². The minimum Gasteiger partial charge on any atom is -0.0682 e. The molecule has 0 nitrogen and oxygen atoms in total. The van der Waals surface area contributed by atoms with E-state index in [9.17, 15) is 0 Å². The number of fused-ring (bicyclic) bond motifs is 2. The fourth-order valence-corrected chi connectivity index (χ4v) is 3.05. The summed E-state index contributed by atoms with van der Waals surface area (Å²) in [7, 11) is 2.69. The summed E-state index contributed by atoms with van der Waals surface area (Å²) in [4.78, 5) is 0. The van der Waals surface area contributed by atoms with Crippen LogP contribution in [0.15, 0.2) is 0 Å². The van der Waals surface area contributed by atoms with Crippen molar-refractivity contribution in [3.8, 4) is 0 Å². The summed E-state index contributed by atoms with van der Waals surface area (Å²) in [5.74, 6) is 0.976. The van der Waals surface area contributed by atoms with Crippen LogP contribution in [-0.2, 0) is 0 Å². The monoisotopic (exact) mass is 163 g/mol. The fraction of sp³-hybridized carbons (Fsp3) is 1.00. The van der Waals surface area contributed by atoms with Crippen LogP contribution in [0.1, 0.15) is 58.3 Å². The lowest BCUT2D eigenvalue weighted by Gasteiger charge is -2.39. The first-order valence-electron chi connectivity index (χ1n) is 5.65. The molecule has 0 aromatic heterocycles. The van der Waals surface area contributed by atoms with E-state index >= 15 is 0 Å². The Bertz CT molecular complexity index is 155. The molecular formula is C11H20B. The maximum Gasteiger partial charge on any atom is 0.121 e. The van der Waals surface area contributed by atoms with E-state index in [1.54, 1.807) is 0 Å². The lowest BCUT2D eigenvalue weighted by molar-refractivity contribution is 0.387. The third kappa shape index (κ3) is 1.86. The first-order valence-corrected chi connectivity index (χ1v) is 5.65. The van der Waals surface area contributed by atoms with E-state index in [1.807, 2.05) is 0 Å².